The fourth-order valence-corrected chi connectivity index (χ4v) is 3.74. The molecule has 0 radical (unpaired) electrons. The predicted molar refractivity (Wildman–Crippen MR) is 84.9 cm³/mol. The quantitative estimate of drug-likeness (QED) is 0.877. The summed E-state index contributed by atoms with van der Waals surface area (Å²) in [7, 11) is 0. The van der Waals surface area contributed by atoms with Gasteiger partial charge in [0.05, 0.1) is 11.5 Å². The molecule has 1 amide bonds. The van der Waals surface area contributed by atoms with Crippen LogP contribution in [-0.2, 0) is 16.0 Å². The number of carbonyl (C=O) groups is 1. The van der Waals surface area contributed by atoms with Crippen molar-refractivity contribution < 1.29 is 9.53 Å². The van der Waals surface area contributed by atoms with Crippen LogP contribution in [0, 0.1) is 5.41 Å². The number of nitrogens with two attached hydrogens (primary N) is 1. The summed E-state index contributed by atoms with van der Waals surface area (Å²) in [5.41, 5.74) is 8.02. The Labute approximate surface area is 133 Å². The molecule has 2 aliphatic rings. The molecule has 114 valence electrons. The maximum atomic E-state index is 12.7. The van der Waals surface area contributed by atoms with E-state index in [9.17, 15) is 4.79 Å². The molecule has 1 saturated heterocycles. The van der Waals surface area contributed by atoms with E-state index < -0.39 is 5.41 Å². The highest BCUT2D eigenvalue weighted by Crippen LogP contribution is 2.35. The second-order valence-corrected chi connectivity index (χ2v) is 6.92. The number of aryl methyl sites for hydroxylation is 1. The summed E-state index contributed by atoms with van der Waals surface area (Å²) in [5, 5.41) is 3.23. The second kappa shape index (κ2) is 6.07. The molecule has 1 unspecified atom stereocenters. The van der Waals surface area contributed by atoms with Gasteiger partial charge in [0.15, 0.2) is 0 Å². The fraction of sp³-hybridized carbons (Fsp3) is 0.562. The molecule has 3 N–H and O–H groups in total. The summed E-state index contributed by atoms with van der Waals surface area (Å²) in [5.74, 6) is 0.0917. The topological polar surface area (TPSA) is 64.4 Å². The molecule has 1 fully saturated rings. The van der Waals surface area contributed by atoms with Gasteiger partial charge in [0.25, 0.3) is 0 Å². The van der Waals surface area contributed by atoms with Crippen LogP contribution in [0.4, 0.5) is 0 Å². The summed E-state index contributed by atoms with van der Waals surface area (Å²) in [6.07, 6.45) is 3.41. The smallest absolute Gasteiger partial charge is 0.228 e. The van der Waals surface area contributed by atoms with Crippen molar-refractivity contribution in [3.8, 4) is 0 Å². The summed E-state index contributed by atoms with van der Waals surface area (Å²) >= 11 is 3.50. The Bertz CT molecular complexity index is 541. The molecule has 1 aromatic carbocycles. The van der Waals surface area contributed by atoms with Gasteiger partial charge in [0.1, 0.15) is 0 Å². The lowest BCUT2D eigenvalue weighted by Gasteiger charge is -2.35. The minimum Gasteiger partial charge on any atom is -0.381 e. The van der Waals surface area contributed by atoms with Crippen molar-refractivity contribution in [3.05, 3.63) is 33.8 Å². The second-order valence-electron chi connectivity index (χ2n) is 6.00. The molecule has 1 aliphatic heterocycles. The number of ether oxygens (including phenoxy) is 1. The van der Waals surface area contributed by atoms with Crippen molar-refractivity contribution in [2.75, 3.05) is 19.8 Å². The lowest BCUT2D eigenvalue weighted by Crippen LogP contribution is -2.49. The third-order valence-corrected chi connectivity index (χ3v) is 5.30. The Morgan fingerprint density at radius 2 is 2.19 bits per heavy atom. The van der Waals surface area contributed by atoms with Crippen LogP contribution >= 0.6 is 15.9 Å². The Kier molecular flexibility index (Phi) is 4.33. The molecule has 3 rings (SSSR count). The van der Waals surface area contributed by atoms with Gasteiger partial charge >= 0.3 is 0 Å². The Morgan fingerprint density at radius 3 is 2.90 bits per heavy atom. The highest BCUT2D eigenvalue weighted by molar-refractivity contribution is 9.10. The van der Waals surface area contributed by atoms with Crippen LogP contribution in [0.1, 0.15) is 36.4 Å². The third kappa shape index (κ3) is 2.87. The zero-order valence-corrected chi connectivity index (χ0v) is 13.6. The number of amides is 1. The molecule has 4 nitrogen and oxygen atoms in total. The van der Waals surface area contributed by atoms with Crippen molar-refractivity contribution >= 4 is 21.8 Å². The molecule has 0 bridgehead atoms. The van der Waals surface area contributed by atoms with E-state index >= 15 is 0 Å². The lowest BCUT2D eigenvalue weighted by atomic mass is 9.79. The molecule has 0 saturated carbocycles. The van der Waals surface area contributed by atoms with Crippen molar-refractivity contribution in [1.29, 1.82) is 0 Å². The summed E-state index contributed by atoms with van der Waals surface area (Å²) in [6, 6.07) is 6.41. The van der Waals surface area contributed by atoms with Gasteiger partial charge < -0.3 is 15.8 Å². The highest BCUT2D eigenvalue weighted by atomic mass is 79.9. The number of carbonyl (C=O) groups excluding carboxylic acids is 1. The highest BCUT2D eigenvalue weighted by Gasteiger charge is 2.40. The zero-order chi connectivity index (χ0) is 14.9. The summed E-state index contributed by atoms with van der Waals surface area (Å²) in [4.78, 5) is 12.7. The van der Waals surface area contributed by atoms with E-state index in [-0.39, 0.29) is 11.9 Å². The number of rotatable bonds is 3. The normalized spacial score (nSPS) is 23.6. The summed E-state index contributed by atoms with van der Waals surface area (Å²) in [6.45, 7) is 1.64. The number of halogens is 1. The third-order valence-electron chi connectivity index (χ3n) is 4.81. The first kappa shape index (κ1) is 15.0. The van der Waals surface area contributed by atoms with Crippen LogP contribution in [0.15, 0.2) is 22.7 Å². The van der Waals surface area contributed by atoms with Crippen LogP contribution in [0.2, 0.25) is 0 Å². The molecular weight excluding hydrogens is 332 g/mol. The molecule has 1 aliphatic carbocycles. The monoisotopic (exact) mass is 352 g/mol. The fourth-order valence-electron chi connectivity index (χ4n) is 3.33. The average Bonchev–Trinajstić information content (AvgIpc) is 2.90. The van der Waals surface area contributed by atoms with Crippen LogP contribution < -0.4 is 11.1 Å². The van der Waals surface area contributed by atoms with Gasteiger partial charge in [-0.15, -0.1) is 0 Å². The Morgan fingerprint density at radius 1 is 1.43 bits per heavy atom. The zero-order valence-electron chi connectivity index (χ0n) is 12.0. The molecule has 1 aromatic rings. The Hall–Kier alpha value is -0.910. The average molecular weight is 353 g/mol. The van der Waals surface area contributed by atoms with E-state index in [2.05, 4.69) is 33.4 Å². The molecule has 5 heteroatoms. The van der Waals surface area contributed by atoms with Gasteiger partial charge in [-0.25, -0.2) is 0 Å². The SMILES string of the molecule is NCC1(C(=O)NC2CCc3cc(Br)ccc32)CCOCC1. The van der Waals surface area contributed by atoms with E-state index in [0.29, 0.717) is 19.8 Å². The molecule has 21 heavy (non-hydrogen) atoms. The first-order chi connectivity index (χ1) is 10.1. The molecule has 1 atom stereocenters. The largest absolute Gasteiger partial charge is 0.381 e. The maximum absolute atomic E-state index is 12.7. The number of fused-ring (bicyclic) bond motifs is 1. The first-order valence-corrected chi connectivity index (χ1v) is 8.31. The number of nitrogens with one attached hydrogen (secondary N) is 1. The van der Waals surface area contributed by atoms with E-state index in [1.165, 1.54) is 11.1 Å². The van der Waals surface area contributed by atoms with Crippen molar-refractivity contribution in [2.24, 2.45) is 11.1 Å². The van der Waals surface area contributed by atoms with Gasteiger partial charge in [-0.3, -0.25) is 4.79 Å². The molecular formula is C16H21BrN2O2. The van der Waals surface area contributed by atoms with E-state index in [4.69, 9.17) is 10.5 Å². The van der Waals surface area contributed by atoms with Crippen LogP contribution in [-0.4, -0.2) is 25.7 Å². The van der Waals surface area contributed by atoms with E-state index in [1.54, 1.807) is 0 Å². The molecule has 0 spiro atoms. The van der Waals surface area contributed by atoms with Crippen LogP contribution in [0.5, 0.6) is 0 Å². The predicted octanol–water partition coefficient (Wildman–Crippen LogP) is 2.31. The van der Waals surface area contributed by atoms with E-state index in [1.807, 2.05) is 6.07 Å². The van der Waals surface area contributed by atoms with Gasteiger partial charge in [0, 0.05) is 24.2 Å². The Balaban J connectivity index is 1.74. The molecule has 1 heterocycles. The van der Waals surface area contributed by atoms with Crippen molar-refractivity contribution in [1.82, 2.24) is 5.32 Å². The molecule has 0 aromatic heterocycles. The maximum Gasteiger partial charge on any atom is 0.228 e. The number of hydrogen-bond donors (Lipinski definition) is 2. The summed E-state index contributed by atoms with van der Waals surface area (Å²) < 4.78 is 6.47. The van der Waals surface area contributed by atoms with Gasteiger partial charge in [-0.2, -0.15) is 0 Å². The van der Waals surface area contributed by atoms with Crippen molar-refractivity contribution in [3.63, 3.8) is 0 Å². The number of hydrogen-bond acceptors (Lipinski definition) is 3. The van der Waals surface area contributed by atoms with Gasteiger partial charge in [0.2, 0.25) is 5.91 Å². The van der Waals surface area contributed by atoms with E-state index in [0.717, 1.165) is 30.2 Å². The number of benzene rings is 1. The minimum absolute atomic E-state index is 0.0917. The standard InChI is InChI=1S/C16H21BrN2O2/c17-12-2-3-13-11(9-12)1-4-14(13)19-15(20)16(10-18)5-7-21-8-6-16/h2-3,9,14H,1,4-8,10,18H2,(H,19,20). The lowest BCUT2D eigenvalue weighted by molar-refractivity contribution is -0.136. The van der Waals surface area contributed by atoms with Crippen LogP contribution in [0.3, 0.4) is 0 Å². The van der Waals surface area contributed by atoms with Gasteiger partial charge in [-0.1, -0.05) is 22.0 Å². The minimum atomic E-state index is -0.448. The van der Waals surface area contributed by atoms with Gasteiger partial charge in [-0.05, 0) is 48.9 Å². The van der Waals surface area contributed by atoms with Crippen molar-refractivity contribution in [2.45, 2.75) is 31.7 Å². The first-order valence-electron chi connectivity index (χ1n) is 7.52. The van der Waals surface area contributed by atoms with Crippen LogP contribution in [0.25, 0.3) is 0 Å².